The Hall–Kier alpha value is -1.59. The van der Waals surface area contributed by atoms with Crippen LogP contribution in [0.3, 0.4) is 0 Å². The first-order valence-corrected chi connectivity index (χ1v) is 31.5. The predicted molar refractivity (Wildman–Crippen MR) is 298 cm³/mol. The SMILES string of the molecule is CCCCCCCCCCCCCCCCCCCCCC(=O)OC[C@@H](COC(=O)CCCCCCCCCCCCCCCCCC)OC(=O)CCCCCCCCCCCCCCCCCC. The molecule has 0 aromatic carbocycles. The van der Waals surface area contributed by atoms with E-state index in [0.29, 0.717) is 19.3 Å². The molecule has 0 N–H and O–H groups in total. The van der Waals surface area contributed by atoms with E-state index < -0.39 is 6.10 Å². The number of hydrogen-bond acceptors (Lipinski definition) is 6. The van der Waals surface area contributed by atoms with E-state index in [1.165, 1.54) is 270 Å². The molecule has 0 saturated carbocycles. The number of carbonyl (C=O) groups excluding carboxylic acids is 3. The molecule has 0 unspecified atom stereocenters. The summed E-state index contributed by atoms with van der Waals surface area (Å²) in [6.45, 7) is 6.73. The van der Waals surface area contributed by atoms with E-state index in [2.05, 4.69) is 20.8 Å². The van der Waals surface area contributed by atoms with Crippen molar-refractivity contribution in [2.75, 3.05) is 13.2 Å². The van der Waals surface area contributed by atoms with Gasteiger partial charge in [0.05, 0.1) is 0 Å². The molecule has 410 valence electrons. The molecule has 0 fully saturated rings. The lowest BCUT2D eigenvalue weighted by Gasteiger charge is -2.18. The van der Waals surface area contributed by atoms with Crippen LogP contribution in [-0.2, 0) is 28.6 Å². The lowest BCUT2D eigenvalue weighted by molar-refractivity contribution is -0.167. The largest absolute Gasteiger partial charge is 0.462 e. The van der Waals surface area contributed by atoms with Crippen LogP contribution in [-0.4, -0.2) is 37.2 Å². The standard InChI is InChI=1S/C63H122O6/c1-4-7-10-13-16-19-22-25-28-31-32-33-36-38-41-44-47-50-53-56-62(65)68-59-60(69-63(66)57-54-51-48-45-42-39-35-30-27-24-21-18-15-12-9-6-3)58-67-61(64)55-52-49-46-43-40-37-34-29-26-23-20-17-14-11-8-5-2/h60H,4-59H2,1-3H3/t60-/m1/s1. The van der Waals surface area contributed by atoms with Gasteiger partial charge in [-0.2, -0.15) is 0 Å². The van der Waals surface area contributed by atoms with Crippen molar-refractivity contribution in [2.45, 2.75) is 374 Å². The maximum Gasteiger partial charge on any atom is 0.306 e. The van der Waals surface area contributed by atoms with Crippen LogP contribution in [0.15, 0.2) is 0 Å². The maximum atomic E-state index is 12.9. The molecule has 0 aliphatic heterocycles. The van der Waals surface area contributed by atoms with Crippen LogP contribution in [0.2, 0.25) is 0 Å². The van der Waals surface area contributed by atoms with Crippen LogP contribution in [0.1, 0.15) is 367 Å². The van der Waals surface area contributed by atoms with Gasteiger partial charge in [0.25, 0.3) is 0 Å². The number of esters is 3. The minimum atomic E-state index is -0.762. The molecule has 0 spiro atoms. The zero-order valence-electron chi connectivity index (χ0n) is 47.1. The molecule has 0 aromatic rings. The Kier molecular flexibility index (Phi) is 57.6. The van der Waals surface area contributed by atoms with Crippen LogP contribution in [0.4, 0.5) is 0 Å². The molecule has 0 rings (SSSR count). The van der Waals surface area contributed by atoms with Gasteiger partial charge in [0.1, 0.15) is 13.2 Å². The van der Waals surface area contributed by atoms with Gasteiger partial charge in [0, 0.05) is 19.3 Å². The summed E-state index contributed by atoms with van der Waals surface area (Å²) in [5.41, 5.74) is 0. The Morgan fingerprint density at radius 3 is 0.580 bits per heavy atom. The van der Waals surface area contributed by atoms with Crippen molar-refractivity contribution >= 4 is 17.9 Å². The van der Waals surface area contributed by atoms with Gasteiger partial charge in [-0.15, -0.1) is 0 Å². The van der Waals surface area contributed by atoms with Gasteiger partial charge < -0.3 is 14.2 Å². The van der Waals surface area contributed by atoms with Gasteiger partial charge in [-0.1, -0.05) is 329 Å². The highest BCUT2D eigenvalue weighted by atomic mass is 16.6. The third-order valence-electron chi connectivity index (χ3n) is 14.6. The van der Waals surface area contributed by atoms with E-state index in [1.807, 2.05) is 0 Å². The highest BCUT2D eigenvalue weighted by Crippen LogP contribution is 2.18. The lowest BCUT2D eigenvalue weighted by atomic mass is 10.0. The second-order valence-electron chi connectivity index (χ2n) is 21.7. The van der Waals surface area contributed by atoms with E-state index in [0.717, 1.165) is 57.8 Å². The van der Waals surface area contributed by atoms with Crippen molar-refractivity contribution in [3.8, 4) is 0 Å². The second kappa shape index (κ2) is 59.0. The fraction of sp³-hybridized carbons (Fsp3) is 0.952. The van der Waals surface area contributed by atoms with Crippen molar-refractivity contribution in [1.29, 1.82) is 0 Å². The Balaban J connectivity index is 4.27. The predicted octanol–water partition coefficient (Wildman–Crippen LogP) is 21.1. The molecule has 6 nitrogen and oxygen atoms in total. The van der Waals surface area contributed by atoms with Crippen LogP contribution in [0, 0.1) is 0 Å². The third-order valence-corrected chi connectivity index (χ3v) is 14.6. The number of ether oxygens (including phenoxy) is 3. The highest BCUT2D eigenvalue weighted by Gasteiger charge is 2.19. The number of hydrogen-bond donors (Lipinski definition) is 0. The zero-order valence-corrected chi connectivity index (χ0v) is 47.1. The summed E-state index contributed by atoms with van der Waals surface area (Å²) in [6, 6.07) is 0. The Morgan fingerprint density at radius 1 is 0.232 bits per heavy atom. The highest BCUT2D eigenvalue weighted by molar-refractivity contribution is 5.71. The fourth-order valence-corrected chi connectivity index (χ4v) is 9.86. The van der Waals surface area contributed by atoms with Crippen molar-refractivity contribution < 1.29 is 28.6 Å². The average molecular weight is 976 g/mol. The van der Waals surface area contributed by atoms with Gasteiger partial charge in [0.2, 0.25) is 0 Å². The molecule has 0 radical (unpaired) electrons. The topological polar surface area (TPSA) is 78.9 Å². The monoisotopic (exact) mass is 975 g/mol. The van der Waals surface area contributed by atoms with Crippen molar-refractivity contribution in [1.82, 2.24) is 0 Å². The minimum absolute atomic E-state index is 0.0605. The summed E-state index contributed by atoms with van der Waals surface area (Å²) in [4.78, 5) is 38.3. The van der Waals surface area contributed by atoms with E-state index in [1.54, 1.807) is 0 Å². The summed E-state index contributed by atoms with van der Waals surface area (Å²) in [6.07, 6.45) is 66.7. The molecule has 0 aliphatic carbocycles. The van der Waals surface area contributed by atoms with Gasteiger partial charge in [-0.05, 0) is 19.3 Å². The summed E-state index contributed by atoms with van der Waals surface area (Å²) in [7, 11) is 0. The molecule has 69 heavy (non-hydrogen) atoms. The fourth-order valence-electron chi connectivity index (χ4n) is 9.86. The quantitative estimate of drug-likeness (QED) is 0.0343. The van der Waals surface area contributed by atoms with Crippen LogP contribution >= 0.6 is 0 Å². The van der Waals surface area contributed by atoms with Gasteiger partial charge in [-0.3, -0.25) is 14.4 Å². The third kappa shape index (κ3) is 57.2. The minimum Gasteiger partial charge on any atom is -0.462 e. The van der Waals surface area contributed by atoms with E-state index >= 15 is 0 Å². The number of carbonyl (C=O) groups is 3. The van der Waals surface area contributed by atoms with Gasteiger partial charge in [0.15, 0.2) is 6.10 Å². The molecule has 6 heteroatoms. The first-order chi connectivity index (χ1) is 34.0. The van der Waals surface area contributed by atoms with Gasteiger partial charge >= 0.3 is 17.9 Å². The molecule has 0 aliphatic rings. The summed E-state index contributed by atoms with van der Waals surface area (Å²) >= 11 is 0. The van der Waals surface area contributed by atoms with E-state index in [9.17, 15) is 14.4 Å². The van der Waals surface area contributed by atoms with Crippen molar-refractivity contribution in [2.24, 2.45) is 0 Å². The molecule has 0 saturated heterocycles. The van der Waals surface area contributed by atoms with Crippen LogP contribution < -0.4 is 0 Å². The lowest BCUT2D eigenvalue weighted by Crippen LogP contribution is -2.30. The zero-order chi connectivity index (χ0) is 50.0. The van der Waals surface area contributed by atoms with Gasteiger partial charge in [-0.25, -0.2) is 0 Å². The normalized spacial score (nSPS) is 11.9. The number of unbranched alkanes of at least 4 members (excludes halogenated alkanes) is 48. The van der Waals surface area contributed by atoms with Crippen molar-refractivity contribution in [3.05, 3.63) is 0 Å². The Bertz CT molecular complexity index is 1030. The van der Waals surface area contributed by atoms with Crippen molar-refractivity contribution in [3.63, 3.8) is 0 Å². The smallest absolute Gasteiger partial charge is 0.306 e. The Labute approximate surface area is 431 Å². The first kappa shape index (κ1) is 67.4. The molecular weight excluding hydrogens is 853 g/mol. The molecule has 0 heterocycles. The maximum absolute atomic E-state index is 12.9. The second-order valence-corrected chi connectivity index (χ2v) is 21.7. The Morgan fingerprint density at radius 2 is 0.391 bits per heavy atom. The summed E-state index contributed by atoms with van der Waals surface area (Å²) in [5, 5.41) is 0. The average Bonchev–Trinajstić information content (AvgIpc) is 3.35. The molecule has 1 atom stereocenters. The van der Waals surface area contributed by atoms with Crippen LogP contribution in [0.25, 0.3) is 0 Å². The van der Waals surface area contributed by atoms with E-state index in [4.69, 9.17) is 14.2 Å². The number of rotatable bonds is 59. The molecule has 0 bridgehead atoms. The molecular formula is C63H122O6. The first-order valence-electron chi connectivity index (χ1n) is 31.5. The molecule has 0 aromatic heterocycles. The summed E-state index contributed by atoms with van der Waals surface area (Å²) in [5.74, 6) is -0.825. The van der Waals surface area contributed by atoms with E-state index in [-0.39, 0.29) is 31.1 Å². The summed E-state index contributed by atoms with van der Waals surface area (Å²) < 4.78 is 16.9. The van der Waals surface area contributed by atoms with Crippen LogP contribution in [0.5, 0.6) is 0 Å². The molecule has 0 amide bonds.